The Hall–Kier alpha value is -1.30. The lowest BCUT2D eigenvalue weighted by atomic mass is 9.79. The van der Waals surface area contributed by atoms with E-state index in [0.717, 1.165) is 0 Å². The zero-order valence-electron chi connectivity index (χ0n) is 14.4. The predicted molar refractivity (Wildman–Crippen MR) is 102 cm³/mol. The van der Waals surface area contributed by atoms with Crippen LogP contribution < -0.4 is 10.3 Å². The van der Waals surface area contributed by atoms with Gasteiger partial charge in [-0.1, -0.05) is 73.8 Å². The number of anilines is 1. The zero-order chi connectivity index (χ0) is 19.0. The summed E-state index contributed by atoms with van der Waals surface area (Å²) < 4.78 is -1.87. The van der Waals surface area contributed by atoms with Gasteiger partial charge in [-0.15, -0.1) is 0 Å². The van der Waals surface area contributed by atoms with Gasteiger partial charge in [-0.05, 0) is 12.1 Å². The molecule has 0 unspecified atom stereocenters. The van der Waals surface area contributed by atoms with Gasteiger partial charge >= 0.3 is 0 Å². The minimum Gasteiger partial charge on any atom is -0.348 e. The van der Waals surface area contributed by atoms with Crippen molar-refractivity contribution in [2.24, 2.45) is 16.4 Å². The maximum Gasteiger partial charge on any atom is 0.258 e. The monoisotopic (exact) mass is 403 g/mol. The summed E-state index contributed by atoms with van der Waals surface area (Å²) in [6.45, 7) is 7.07. The molecule has 1 N–H and O–H groups in total. The van der Waals surface area contributed by atoms with E-state index in [4.69, 9.17) is 34.8 Å². The predicted octanol–water partition coefficient (Wildman–Crippen LogP) is 3.93. The highest BCUT2D eigenvalue weighted by atomic mass is 35.6. The van der Waals surface area contributed by atoms with E-state index in [0.29, 0.717) is 11.4 Å². The summed E-state index contributed by atoms with van der Waals surface area (Å²) in [6.07, 6.45) is 0. The van der Waals surface area contributed by atoms with E-state index in [1.807, 2.05) is 39.0 Å². The SMILES string of the molecule is CC(=O)N[C@H]([C@H]1C(=O)N(c2ccccc2)N=C1C(C)(C)C)C(Cl)(Cl)Cl. The van der Waals surface area contributed by atoms with Crippen LogP contribution in [0.3, 0.4) is 0 Å². The van der Waals surface area contributed by atoms with Crippen molar-refractivity contribution in [3.63, 3.8) is 0 Å². The minimum absolute atomic E-state index is 0.346. The number of amides is 2. The van der Waals surface area contributed by atoms with Gasteiger partial charge < -0.3 is 5.32 Å². The van der Waals surface area contributed by atoms with Crippen molar-refractivity contribution in [2.75, 3.05) is 5.01 Å². The van der Waals surface area contributed by atoms with Gasteiger partial charge in [0.05, 0.1) is 17.4 Å². The molecule has 1 aliphatic rings. The molecule has 5 nitrogen and oxygen atoms in total. The number of hydrogen-bond donors (Lipinski definition) is 1. The van der Waals surface area contributed by atoms with Crippen LogP contribution in [0.25, 0.3) is 0 Å². The second-order valence-electron chi connectivity index (χ2n) is 6.92. The molecule has 0 aliphatic carbocycles. The number of hydrogen-bond acceptors (Lipinski definition) is 3. The summed E-state index contributed by atoms with van der Waals surface area (Å²) in [4.78, 5) is 24.7. The van der Waals surface area contributed by atoms with E-state index in [-0.39, 0.29) is 5.91 Å². The van der Waals surface area contributed by atoms with Crippen LogP contribution in [0.15, 0.2) is 35.4 Å². The van der Waals surface area contributed by atoms with Crippen LogP contribution in [0.5, 0.6) is 0 Å². The summed E-state index contributed by atoms with van der Waals surface area (Å²) in [5.41, 5.74) is 0.699. The number of alkyl halides is 3. The number of halogens is 3. The summed E-state index contributed by atoms with van der Waals surface area (Å²) in [5, 5.41) is 8.41. The van der Waals surface area contributed by atoms with Gasteiger partial charge in [-0.2, -0.15) is 5.10 Å². The van der Waals surface area contributed by atoms with Crippen LogP contribution in [0, 0.1) is 11.3 Å². The fourth-order valence-corrected chi connectivity index (χ4v) is 3.25. The van der Waals surface area contributed by atoms with Gasteiger partial charge in [-0.3, -0.25) is 9.59 Å². The van der Waals surface area contributed by atoms with Crippen molar-refractivity contribution < 1.29 is 9.59 Å². The standard InChI is InChI=1S/C17H20Cl3N3O2/c1-10(24)21-14(17(18,19)20)12-13(16(2,3)4)22-23(15(12)25)11-8-6-5-7-9-11/h5-9,12,14H,1-4H3,(H,21,24)/t12-,14+/m0/s1. The number of rotatable bonds is 3. The maximum atomic E-state index is 13.1. The molecule has 1 aromatic rings. The Morgan fingerprint density at radius 3 is 2.20 bits per heavy atom. The fraction of sp³-hybridized carbons (Fsp3) is 0.471. The normalized spacial score (nSPS) is 19.6. The number of nitrogens with one attached hydrogen (secondary N) is 1. The Kier molecular flexibility index (Phi) is 5.71. The number of nitrogens with zero attached hydrogens (tertiary/aromatic N) is 2. The number of benzene rings is 1. The molecular formula is C17H20Cl3N3O2. The molecule has 0 fully saturated rings. The third-order valence-electron chi connectivity index (χ3n) is 3.79. The lowest BCUT2D eigenvalue weighted by Crippen LogP contribution is -2.54. The molecule has 1 aliphatic heterocycles. The Bertz CT molecular complexity index is 693. The topological polar surface area (TPSA) is 61.8 Å². The average molecular weight is 405 g/mol. The molecule has 2 atom stereocenters. The van der Waals surface area contributed by atoms with Crippen LogP contribution in [-0.2, 0) is 9.59 Å². The molecule has 0 radical (unpaired) electrons. The zero-order valence-corrected chi connectivity index (χ0v) is 16.7. The molecule has 8 heteroatoms. The lowest BCUT2D eigenvalue weighted by Gasteiger charge is -2.33. The third-order valence-corrected chi connectivity index (χ3v) is 4.50. The largest absolute Gasteiger partial charge is 0.348 e. The smallest absolute Gasteiger partial charge is 0.258 e. The number of carbonyl (C=O) groups is 2. The molecular weight excluding hydrogens is 385 g/mol. The van der Waals surface area contributed by atoms with Crippen molar-refractivity contribution >= 4 is 58.0 Å². The van der Waals surface area contributed by atoms with E-state index < -0.39 is 27.1 Å². The van der Waals surface area contributed by atoms with Crippen molar-refractivity contribution in [3.05, 3.63) is 30.3 Å². The van der Waals surface area contributed by atoms with Crippen LogP contribution in [0.4, 0.5) is 5.69 Å². The molecule has 0 spiro atoms. The van der Waals surface area contributed by atoms with Crippen LogP contribution in [0.2, 0.25) is 0 Å². The Balaban J connectivity index is 2.53. The third kappa shape index (κ3) is 4.46. The molecule has 25 heavy (non-hydrogen) atoms. The first kappa shape index (κ1) is 20.0. The van der Waals surface area contributed by atoms with Crippen molar-refractivity contribution in [1.29, 1.82) is 0 Å². The van der Waals surface area contributed by atoms with E-state index in [1.165, 1.54) is 11.9 Å². The molecule has 136 valence electrons. The Morgan fingerprint density at radius 2 is 1.76 bits per heavy atom. The highest BCUT2D eigenvalue weighted by molar-refractivity contribution is 6.68. The van der Waals surface area contributed by atoms with Crippen molar-refractivity contribution in [2.45, 2.75) is 37.5 Å². The summed E-state index contributed by atoms with van der Waals surface area (Å²) in [5.74, 6) is -1.62. The number of hydrazone groups is 1. The first-order valence-corrected chi connectivity index (χ1v) is 8.88. The molecule has 2 rings (SSSR count). The number of carbonyl (C=O) groups excluding carboxylic acids is 2. The minimum atomic E-state index is -1.87. The molecule has 1 aromatic carbocycles. The van der Waals surface area contributed by atoms with E-state index in [2.05, 4.69) is 10.4 Å². The molecule has 0 aromatic heterocycles. The first-order chi connectivity index (χ1) is 11.4. The van der Waals surface area contributed by atoms with Gasteiger partial charge in [-0.25, -0.2) is 5.01 Å². The molecule has 2 amide bonds. The lowest BCUT2D eigenvalue weighted by molar-refractivity contribution is -0.122. The Labute approximate surface area is 162 Å². The second-order valence-corrected chi connectivity index (χ2v) is 9.29. The van der Waals surface area contributed by atoms with Crippen LogP contribution in [0.1, 0.15) is 27.7 Å². The van der Waals surface area contributed by atoms with E-state index >= 15 is 0 Å². The number of para-hydroxylation sites is 1. The molecule has 0 saturated heterocycles. The van der Waals surface area contributed by atoms with Gasteiger partial charge in [0.1, 0.15) is 5.92 Å². The van der Waals surface area contributed by atoms with Crippen LogP contribution >= 0.6 is 34.8 Å². The quantitative estimate of drug-likeness (QED) is 0.776. The molecule has 1 heterocycles. The highest BCUT2D eigenvalue weighted by Gasteiger charge is 2.52. The van der Waals surface area contributed by atoms with Crippen molar-refractivity contribution in [3.8, 4) is 0 Å². The summed E-state index contributed by atoms with van der Waals surface area (Å²) in [6, 6.07) is 7.97. The second kappa shape index (κ2) is 7.14. The average Bonchev–Trinajstić information content (AvgIpc) is 2.82. The van der Waals surface area contributed by atoms with Gasteiger partial charge in [0.25, 0.3) is 5.91 Å². The summed E-state index contributed by atoms with van der Waals surface area (Å²) in [7, 11) is 0. The van der Waals surface area contributed by atoms with E-state index in [9.17, 15) is 9.59 Å². The Morgan fingerprint density at radius 1 is 1.20 bits per heavy atom. The highest BCUT2D eigenvalue weighted by Crippen LogP contribution is 2.41. The van der Waals surface area contributed by atoms with Gasteiger partial charge in [0, 0.05) is 12.3 Å². The first-order valence-electron chi connectivity index (χ1n) is 7.74. The van der Waals surface area contributed by atoms with Crippen LogP contribution in [-0.4, -0.2) is 27.4 Å². The fourth-order valence-electron chi connectivity index (χ4n) is 2.71. The maximum absolute atomic E-state index is 13.1. The van der Waals surface area contributed by atoms with E-state index in [1.54, 1.807) is 12.1 Å². The summed E-state index contributed by atoms with van der Waals surface area (Å²) >= 11 is 18.3. The molecule has 0 saturated carbocycles. The van der Waals surface area contributed by atoms with Crippen molar-refractivity contribution in [1.82, 2.24) is 5.32 Å². The van der Waals surface area contributed by atoms with Gasteiger partial charge in [0.2, 0.25) is 9.70 Å². The van der Waals surface area contributed by atoms with Gasteiger partial charge in [0.15, 0.2) is 0 Å². The molecule has 0 bridgehead atoms.